The van der Waals surface area contributed by atoms with Gasteiger partial charge in [-0.1, -0.05) is 23.2 Å². The van der Waals surface area contributed by atoms with Crippen LogP contribution in [-0.4, -0.2) is 8.42 Å². The fourth-order valence-corrected chi connectivity index (χ4v) is 2.87. The number of hydrogen-bond acceptors (Lipinski definition) is 2. The molecule has 0 bridgehead atoms. The minimum atomic E-state index is -4.18. The van der Waals surface area contributed by atoms with E-state index in [0.717, 1.165) is 12.1 Å². The zero-order chi connectivity index (χ0) is 14.9. The largest absolute Gasteiger partial charge is 0.279 e. The summed E-state index contributed by atoms with van der Waals surface area (Å²) in [5, 5.41) is 0.397. The van der Waals surface area contributed by atoms with Gasteiger partial charge < -0.3 is 0 Å². The molecule has 0 unspecified atom stereocenters. The average Bonchev–Trinajstić information content (AvgIpc) is 2.33. The first-order valence-electron chi connectivity index (χ1n) is 5.22. The minimum Gasteiger partial charge on any atom is -0.279 e. The van der Waals surface area contributed by atoms with Crippen molar-refractivity contribution in [3.63, 3.8) is 0 Å². The predicted molar refractivity (Wildman–Crippen MR) is 73.6 cm³/mol. The number of rotatable bonds is 3. The van der Waals surface area contributed by atoms with Gasteiger partial charge in [-0.25, -0.2) is 17.2 Å². The highest BCUT2D eigenvalue weighted by molar-refractivity contribution is 7.92. The Morgan fingerprint density at radius 2 is 1.65 bits per heavy atom. The van der Waals surface area contributed by atoms with Crippen molar-refractivity contribution in [3.8, 4) is 0 Å². The van der Waals surface area contributed by atoms with Gasteiger partial charge in [0.05, 0.1) is 15.7 Å². The van der Waals surface area contributed by atoms with E-state index in [1.54, 1.807) is 0 Å². The molecule has 2 aromatic carbocycles. The van der Waals surface area contributed by atoms with Crippen LogP contribution in [0.1, 0.15) is 0 Å². The maximum atomic E-state index is 13.5. The molecule has 0 radical (unpaired) electrons. The Hall–Kier alpha value is -1.37. The van der Waals surface area contributed by atoms with E-state index in [0.29, 0.717) is 6.07 Å². The maximum absolute atomic E-state index is 13.5. The van der Waals surface area contributed by atoms with Crippen LogP contribution < -0.4 is 4.72 Å². The van der Waals surface area contributed by atoms with Crippen molar-refractivity contribution in [1.29, 1.82) is 0 Å². The monoisotopic (exact) mass is 337 g/mol. The number of anilines is 1. The second kappa shape index (κ2) is 5.55. The lowest BCUT2D eigenvalue weighted by molar-refractivity contribution is 0.551. The Morgan fingerprint density at radius 3 is 2.25 bits per heavy atom. The van der Waals surface area contributed by atoms with Crippen LogP contribution in [0.25, 0.3) is 0 Å². The van der Waals surface area contributed by atoms with E-state index in [4.69, 9.17) is 23.2 Å². The summed E-state index contributed by atoms with van der Waals surface area (Å²) in [6, 6.07) is 6.22. The molecule has 3 nitrogen and oxygen atoms in total. The molecular formula is C12H7Cl2F2NO2S. The van der Waals surface area contributed by atoms with E-state index >= 15 is 0 Å². The van der Waals surface area contributed by atoms with Crippen molar-refractivity contribution >= 4 is 38.9 Å². The molecule has 0 atom stereocenters. The van der Waals surface area contributed by atoms with Crippen LogP contribution in [0.4, 0.5) is 14.5 Å². The third-order valence-electron chi connectivity index (χ3n) is 2.36. The summed E-state index contributed by atoms with van der Waals surface area (Å²) in [7, 11) is -4.18. The fourth-order valence-electron chi connectivity index (χ4n) is 1.46. The first-order chi connectivity index (χ1) is 9.29. The summed E-state index contributed by atoms with van der Waals surface area (Å²) < 4.78 is 52.3. The highest BCUT2D eigenvalue weighted by atomic mass is 35.5. The molecular weight excluding hydrogens is 331 g/mol. The van der Waals surface area contributed by atoms with Crippen LogP contribution in [0.2, 0.25) is 10.0 Å². The molecule has 0 saturated carbocycles. The van der Waals surface area contributed by atoms with Gasteiger partial charge >= 0.3 is 0 Å². The van der Waals surface area contributed by atoms with Crippen molar-refractivity contribution in [1.82, 2.24) is 0 Å². The molecule has 0 aliphatic carbocycles. The number of nitrogens with one attached hydrogen (secondary N) is 1. The van der Waals surface area contributed by atoms with E-state index in [-0.39, 0.29) is 15.7 Å². The summed E-state index contributed by atoms with van der Waals surface area (Å²) in [4.78, 5) is -0.662. The molecule has 0 amide bonds. The van der Waals surface area contributed by atoms with Crippen molar-refractivity contribution in [3.05, 3.63) is 58.1 Å². The van der Waals surface area contributed by atoms with E-state index in [1.165, 1.54) is 18.2 Å². The standard InChI is InChI=1S/C12H7Cl2F2NO2S/c13-9-3-2-8(6-10(9)14)17-20(18,19)12-4-1-7(15)5-11(12)16/h1-6,17H. The topological polar surface area (TPSA) is 46.2 Å². The Bertz CT molecular complexity index is 766. The number of hydrogen-bond donors (Lipinski definition) is 1. The van der Waals surface area contributed by atoms with E-state index < -0.39 is 26.6 Å². The van der Waals surface area contributed by atoms with Crippen LogP contribution in [0, 0.1) is 11.6 Å². The Balaban J connectivity index is 2.38. The van der Waals surface area contributed by atoms with Gasteiger partial charge in [0.2, 0.25) is 0 Å². The van der Waals surface area contributed by atoms with Crippen LogP contribution in [-0.2, 0) is 10.0 Å². The third kappa shape index (κ3) is 3.20. The number of halogens is 4. The Labute approximate surface area is 124 Å². The van der Waals surface area contributed by atoms with Gasteiger partial charge in [-0.05, 0) is 30.3 Å². The van der Waals surface area contributed by atoms with Gasteiger partial charge in [0.15, 0.2) is 0 Å². The highest BCUT2D eigenvalue weighted by Gasteiger charge is 2.19. The van der Waals surface area contributed by atoms with Gasteiger partial charge in [-0.2, -0.15) is 0 Å². The molecule has 20 heavy (non-hydrogen) atoms. The third-order valence-corrected chi connectivity index (χ3v) is 4.51. The Morgan fingerprint density at radius 1 is 0.950 bits per heavy atom. The summed E-state index contributed by atoms with van der Waals surface area (Å²) in [5.74, 6) is -2.05. The molecule has 1 N–H and O–H groups in total. The molecule has 0 fully saturated rings. The van der Waals surface area contributed by atoms with Crippen LogP contribution in [0.5, 0.6) is 0 Å². The molecule has 0 spiro atoms. The summed E-state index contributed by atoms with van der Waals surface area (Å²) in [6.45, 7) is 0. The molecule has 106 valence electrons. The SMILES string of the molecule is O=S(=O)(Nc1ccc(Cl)c(Cl)c1)c1ccc(F)cc1F. The van der Waals surface area contributed by atoms with E-state index in [2.05, 4.69) is 4.72 Å². The summed E-state index contributed by atoms with van der Waals surface area (Å²) in [6.07, 6.45) is 0. The minimum absolute atomic E-state index is 0.114. The van der Waals surface area contributed by atoms with Gasteiger partial charge in [0.25, 0.3) is 10.0 Å². The first kappa shape index (κ1) is 15.0. The zero-order valence-electron chi connectivity index (χ0n) is 9.70. The Kier molecular flexibility index (Phi) is 4.17. The average molecular weight is 338 g/mol. The first-order valence-corrected chi connectivity index (χ1v) is 7.46. The second-order valence-electron chi connectivity index (χ2n) is 3.81. The molecule has 0 saturated heterocycles. The van der Waals surface area contributed by atoms with Gasteiger partial charge in [0.1, 0.15) is 16.5 Å². The van der Waals surface area contributed by atoms with E-state index in [1.807, 2.05) is 0 Å². The van der Waals surface area contributed by atoms with Gasteiger partial charge in [-0.15, -0.1) is 0 Å². The lowest BCUT2D eigenvalue weighted by atomic mass is 10.3. The van der Waals surface area contributed by atoms with Crippen LogP contribution >= 0.6 is 23.2 Å². The smallest absolute Gasteiger partial charge is 0.264 e. The molecule has 8 heteroatoms. The second-order valence-corrected chi connectivity index (χ2v) is 6.27. The normalized spacial score (nSPS) is 11.4. The van der Waals surface area contributed by atoms with Crippen molar-refractivity contribution in [2.45, 2.75) is 4.90 Å². The molecule has 0 aromatic heterocycles. The molecule has 2 aromatic rings. The lowest BCUT2D eigenvalue weighted by Crippen LogP contribution is -2.14. The fraction of sp³-hybridized carbons (Fsp3) is 0. The van der Waals surface area contributed by atoms with Crippen LogP contribution in [0.15, 0.2) is 41.3 Å². The summed E-state index contributed by atoms with van der Waals surface area (Å²) >= 11 is 11.5. The number of benzene rings is 2. The van der Waals surface area contributed by atoms with Gasteiger partial charge in [0, 0.05) is 6.07 Å². The van der Waals surface area contributed by atoms with E-state index in [9.17, 15) is 17.2 Å². The molecule has 2 rings (SSSR count). The summed E-state index contributed by atoms with van der Waals surface area (Å²) in [5.41, 5.74) is 0.114. The highest BCUT2D eigenvalue weighted by Crippen LogP contribution is 2.27. The molecule has 0 heterocycles. The van der Waals surface area contributed by atoms with Crippen LogP contribution in [0.3, 0.4) is 0 Å². The lowest BCUT2D eigenvalue weighted by Gasteiger charge is -2.09. The zero-order valence-corrected chi connectivity index (χ0v) is 12.0. The van der Waals surface area contributed by atoms with Crippen molar-refractivity contribution < 1.29 is 17.2 Å². The number of sulfonamides is 1. The van der Waals surface area contributed by atoms with Crippen molar-refractivity contribution in [2.75, 3.05) is 4.72 Å². The van der Waals surface area contributed by atoms with Gasteiger partial charge in [-0.3, -0.25) is 4.72 Å². The molecule has 0 aliphatic rings. The molecule has 0 aliphatic heterocycles. The maximum Gasteiger partial charge on any atom is 0.264 e. The van der Waals surface area contributed by atoms with Crippen molar-refractivity contribution in [2.24, 2.45) is 0 Å². The predicted octanol–water partition coefficient (Wildman–Crippen LogP) is 4.07. The quantitative estimate of drug-likeness (QED) is 0.917.